The van der Waals surface area contributed by atoms with Crippen LogP contribution in [0, 0.1) is 12.7 Å². The van der Waals surface area contributed by atoms with Crippen LogP contribution in [-0.2, 0) is 10.2 Å². The summed E-state index contributed by atoms with van der Waals surface area (Å²) in [4.78, 5) is 11.5. The zero-order valence-corrected chi connectivity index (χ0v) is 10.5. The minimum absolute atomic E-state index is 0.125. The Balaban J connectivity index is 2.41. The first-order valence-corrected chi connectivity index (χ1v) is 6.15. The van der Waals surface area contributed by atoms with E-state index in [2.05, 4.69) is 0 Å². The van der Waals surface area contributed by atoms with Gasteiger partial charge in [0.25, 0.3) is 0 Å². The van der Waals surface area contributed by atoms with Gasteiger partial charge >= 0.3 is 5.97 Å². The van der Waals surface area contributed by atoms with Crippen LogP contribution < -0.4 is 0 Å². The zero-order chi connectivity index (χ0) is 14.3. The molecule has 1 saturated carbocycles. The predicted molar refractivity (Wildman–Crippen MR) is 63.9 cm³/mol. The highest BCUT2D eigenvalue weighted by Crippen LogP contribution is 2.45. The molecule has 0 aliphatic heterocycles. The number of aryl methyl sites for hydroxylation is 1. The highest BCUT2D eigenvalue weighted by Gasteiger charge is 2.49. The lowest BCUT2D eigenvalue weighted by Gasteiger charge is -2.37. The van der Waals surface area contributed by atoms with E-state index in [0.717, 1.165) is 0 Å². The number of aliphatic carboxylic acids is 1. The molecule has 19 heavy (non-hydrogen) atoms. The first-order valence-electron chi connectivity index (χ1n) is 6.15. The number of halogens is 3. The van der Waals surface area contributed by atoms with Gasteiger partial charge in [0.1, 0.15) is 5.82 Å². The highest BCUT2D eigenvalue weighted by atomic mass is 19.3. The zero-order valence-electron chi connectivity index (χ0n) is 10.5. The van der Waals surface area contributed by atoms with Crippen LogP contribution in [0.15, 0.2) is 18.2 Å². The number of benzene rings is 1. The molecule has 0 unspecified atom stereocenters. The Bertz CT molecular complexity index is 501. The summed E-state index contributed by atoms with van der Waals surface area (Å²) in [5.74, 6) is -4.34. The molecule has 1 aliphatic carbocycles. The Labute approximate surface area is 109 Å². The number of carboxylic acids is 1. The second-order valence-electron chi connectivity index (χ2n) is 5.21. The Morgan fingerprint density at radius 3 is 2.26 bits per heavy atom. The SMILES string of the molecule is Cc1cc(C2(C(=O)O)CCC(F)(F)CC2)ccc1F. The lowest BCUT2D eigenvalue weighted by molar-refractivity contribution is -0.149. The lowest BCUT2D eigenvalue weighted by atomic mass is 9.68. The molecule has 0 bridgehead atoms. The molecular formula is C14H15F3O2. The molecule has 1 N–H and O–H groups in total. The van der Waals surface area contributed by atoms with Crippen molar-refractivity contribution in [2.24, 2.45) is 0 Å². The maximum absolute atomic E-state index is 13.2. The Kier molecular flexibility index (Phi) is 3.32. The van der Waals surface area contributed by atoms with Gasteiger partial charge < -0.3 is 5.11 Å². The van der Waals surface area contributed by atoms with Crippen LogP contribution >= 0.6 is 0 Å². The summed E-state index contributed by atoms with van der Waals surface area (Å²) < 4.78 is 39.7. The Morgan fingerprint density at radius 2 is 1.79 bits per heavy atom. The number of hydrogen-bond donors (Lipinski definition) is 1. The summed E-state index contributed by atoms with van der Waals surface area (Å²) in [7, 11) is 0. The molecular weight excluding hydrogens is 257 g/mol. The summed E-state index contributed by atoms with van der Waals surface area (Å²) in [5.41, 5.74) is -0.579. The standard InChI is InChI=1S/C14H15F3O2/c1-9-8-10(2-3-11(9)15)13(12(18)19)4-6-14(16,17)7-5-13/h2-3,8H,4-7H2,1H3,(H,18,19). The molecule has 1 aromatic carbocycles. The highest BCUT2D eigenvalue weighted by molar-refractivity contribution is 5.81. The molecule has 0 atom stereocenters. The quantitative estimate of drug-likeness (QED) is 0.892. The van der Waals surface area contributed by atoms with E-state index in [4.69, 9.17) is 0 Å². The van der Waals surface area contributed by atoms with Crippen LogP contribution in [0.4, 0.5) is 13.2 Å². The summed E-state index contributed by atoms with van der Waals surface area (Å²) in [6, 6.07) is 4.04. The van der Waals surface area contributed by atoms with E-state index in [-0.39, 0.29) is 12.8 Å². The molecule has 2 nitrogen and oxygen atoms in total. The molecule has 0 radical (unpaired) electrons. The van der Waals surface area contributed by atoms with E-state index in [1.54, 1.807) is 0 Å². The number of alkyl halides is 2. The van der Waals surface area contributed by atoms with Gasteiger partial charge in [0.2, 0.25) is 5.92 Å². The minimum Gasteiger partial charge on any atom is -0.481 e. The summed E-state index contributed by atoms with van der Waals surface area (Å²) in [6.07, 6.45) is -1.15. The van der Waals surface area contributed by atoms with Gasteiger partial charge in [-0.3, -0.25) is 4.79 Å². The molecule has 0 heterocycles. The maximum atomic E-state index is 13.2. The molecule has 1 aliphatic rings. The van der Waals surface area contributed by atoms with Crippen LogP contribution in [0.25, 0.3) is 0 Å². The number of hydrogen-bond acceptors (Lipinski definition) is 1. The summed E-state index contributed by atoms with van der Waals surface area (Å²) in [5, 5.41) is 9.43. The van der Waals surface area contributed by atoms with Crippen LogP contribution in [0.5, 0.6) is 0 Å². The average molecular weight is 272 g/mol. The molecule has 0 amide bonds. The molecule has 0 spiro atoms. The topological polar surface area (TPSA) is 37.3 Å². The molecule has 0 aromatic heterocycles. The fourth-order valence-corrected chi connectivity index (χ4v) is 2.61. The van der Waals surface area contributed by atoms with Gasteiger partial charge in [0, 0.05) is 12.8 Å². The van der Waals surface area contributed by atoms with Gasteiger partial charge in [-0.1, -0.05) is 12.1 Å². The lowest BCUT2D eigenvalue weighted by Crippen LogP contribution is -2.42. The van der Waals surface area contributed by atoms with Crippen molar-refractivity contribution in [1.29, 1.82) is 0 Å². The fourth-order valence-electron chi connectivity index (χ4n) is 2.61. The van der Waals surface area contributed by atoms with Crippen molar-refractivity contribution < 1.29 is 23.1 Å². The van der Waals surface area contributed by atoms with E-state index >= 15 is 0 Å². The first-order chi connectivity index (χ1) is 8.77. The summed E-state index contributed by atoms with van der Waals surface area (Å²) in [6.45, 7) is 1.53. The molecule has 0 saturated heterocycles. The van der Waals surface area contributed by atoms with Gasteiger partial charge in [-0.2, -0.15) is 0 Å². The monoisotopic (exact) mass is 272 g/mol. The third-order valence-corrected chi connectivity index (χ3v) is 3.95. The van der Waals surface area contributed by atoms with Crippen molar-refractivity contribution in [2.45, 2.75) is 43.9 Å². The normalized spacial score (nSPS) is 21.1. The Morgan fingerprint density at radius 1 is 1.21 bits per heavy atom. The van der Waals surface area contributed by atoms with Crippen molar-refractivity contribution in [3.05, 3.63) is 35.1 Å². The van der Waals surface area contributed by atoms with Crippen LogP contribution in [0.2, 0.25) is 0 Å². The fraction of sp³-hybridized carbons (Fsp3) is 0.500. The minimum atomic E-state index is -2.80. The van der Waals surface area contributed by atoms with Crippen LogP contribution in [-0.4, -0.2) is 17.0 Å². The second kappa shape index (κ2) is 4.54. The van der Waals surface area contributed by atoms with Crippen molar-refractivity contribution >= 4 is 5.97 Å². The number of carboxylic acid groups (broad SMARTS) is 1. The third kappa shape index (κ3) is 2.46. The Hall–Kier alpha value is -1.52. The van der Waals surface area contributed by atoms with Crippen LogP contribution in [0.3, 0.4) is 0 Å². The van der Waals surface area contributed by atoms with E-state index in [1.165, 1.54) is 25.1 Å². The third-order valence-electron chi connectivity index (χ3n) is 3.95. The van der Waals surface area contributed by atoms with E-state index < -0.39 is 36.0 Å². The van der Waals surface area contributed by atoms with Crippen molar-refractivity contribution in [3.63, 3.8) is 0 Å². The molecule has 1 aromatic rings. The van der Waals surface area contributed by atoms with Crippen molar-refractivity contribution in [3.8, 4) is 0 Å². The van der Waals surface area contributed by atoms with E-state index in [0.29, 0.717) is 11.1 Å². The number of carbonyl (C=O) groups is 1. The smallest absolute Gasteiger partial charge is 0.314 e. The molecule has 5 heteroatoms. The largest absolute Gasteiger partial charge is 0.481 e. The van der Waals surface area contributed by atoms with Gasteiger partial charge in [-0.15, -0.1) is 0 Å². The van der Waals surface area contributed by atoms with Crippen LogP contribution in [0.1, 0.15) is 36.8 Å². The van der Waals surface area contributed by atoms with Crippen molar-refractivity contribution in [1.82, 2.24) is 0 Å². The summed E-state index contributed by atoms with van der Waals surface area (Å²) >= 11 is 0. The molecule has 2 rings (SSSR count). The van der Waals surface area contributed by atoms with Gasteiger partial charge in [-0.05, 0) is 37.0 Å². The predicted octanol–water partition coefficient (Wildman–Crippen LogP) is 3.67. The first kappa shape index (κ1) is 13.9. The average Bonchev–Trinajstić information content (AvgIpc) is 2.33. The van der Waals surface area contributed by atoms with Crippen molar-refractivity contribution in [2.75, 3.05) is 0 Å². The van der Waals surface area contributed by atoms with E-state index in [1.807, 2.05) is 0 Å². The van der Waals surface area contributed by atoms with Gasteiger partial charge in [0.15, 0.2) is 0 Å². The van der Waals surface area contributed by atoms with Gasteiger partial charge in [0.05, 0.1) is 5.41 Å². The molecule has 1 fully saturated rings. The van der Waals surface area contributed by atoms with Gasteiger partial charge in [-0.25, -0.2) is 13.2 Å². The molecule has 104 valence electrons. The second-order valence-corrected chi connectivity index (χ2v) is 5.21. The maximum Gasteiger partial charge on any atom is 0.314 e. The van der Waals surface area contributed by atoms with E-state index in [9.17, 15) is 23.1 Å². The number of rotatable bonds is 2.